The van der Waals surface area contributed by atoms with Crippen molar-refractivity contribution < 1.29 is 34.3 Å². The van der Waals surface area contributed by atoms with Gasteiger partial charge in [-0.25, -0.2) is 0 Å². The Morgan fingerprint density at radius 3 is 2.34 bits per heavy atom. The van der Waals surface area contributed by atoms with E-state index in [4.69, 9.17) is 14.2 Å². The molecule has 3 aliphatic rings. The summed E-state index contributed by atoms with van der Waals surface area (Å²) in [5, 5.41) is 32.4. The molecule has 1 aromatic rings. The normalized spacial score (nSPS) is 36.2. The summed E-state index contributed by atoms with van der Waals surface area (Å²) in [7, 11) is 0. The second-order valence-corrected chi connectivity index (χ2v) is 11.1. The maximum Gasteiger partial charge on any atom is 0.303 e. The van der Waals surface area contributed by atoms with Crippen molar-refractivity contribution in [2.24, 2.45) is 5.92 Å². The predicted octanol–water partition coefficient (Wildman–Crippen LogP) is 4.55. The zero-order chi connectivity index (χ0) is 25.8. The Morgan fingerprint density at radius 2 is 1.71 bits per heavy atom. The lowest BCUT2D eigenvalue weighted by atomic mass is 9.62. The van der Waals surface area contributed by atoms with E-state index in [2.05, 4.69) is 33.8 Å². The zero-order valence-corrected chi connectivity index (χ0v) is 21.9. The van der Waals surface area contributed by atoms with Crippen LogP contribution in [0.25, 0.3) is 0 Å². The number of aromatic hydroxyl groups is 1. The molecule has 194 valence electrons. The van der Waals surface area contributed by atoms with Gasteiger partial charge in [-0.05, 0) is 81.4 Å². The smallest absolute Gasteiger partial charge is 0.303 e. The molecule has 3 N–H and O–H groups in total. The molecule has 35 heavy (non-hydrogen) atoms. The first-order valence-corrected chi connectivity index (χ1v) is 12.8. The van der Waals surface area contributed by atoms with Crippen molar-refractivity contribution in [3.63, 3.8) is 0 Å². The average Bonchev–Trinajstić information content (AvgIpc) is 2.77. The topological polar surface area (TPSA) is 105 Å². The molecule has 9 atom stereocenters. The number of hydrogen-bond acceptors (Lipinski definition) is 7. The molecule has 0 spiro atoms. The number of phenols is 1. The van der Waals surface area contributed by atoms with Gasteiger partial charge in [0.1, 0.15) is 12.2 Å². The maximum absolute atomic E-state index is 11.8. The van der Waals surface area contributed by atoms with Crippen LogP contribution < -0.4 is 4.74 Å². The summed E-state index contributed by atoms with van der Waals surface area (Å²) in [6.45, 7) is 13.5. The number of carbonyl (C=O) groups excluding carboxylic acids is 1. The molecule has 0 aromatic heterocycles. The van der Waals surface area contributed by atoms with Crippen LogP contribution >= 0.6 is 0 Å². The Hall–Kier alpha value is -2.09. The number of benzene rings is 1. The monoisotopic (exact) mass is 488 g/mol. The summed E-state index contributed by atoms with van der Waals surface area (Å²) < 4.78 is 17.5. The van der Waals surface area contributed by atoms with Crippen LogP contribution in [0.2, 0.25) is 0 Å². The molecular weight excluding hydrogens is 448 g/mol. The number of allylic oxidation sites excluding steroid dienone is 2. The van der Waals surface area contributed by atoms with Crippen molar-refractivity contribution in [1.82, 2.24) is 0 Å². The summed E-state index contributed by atoms with van der Waals surface area (Å²) in [5.74, 6) is 1.02. The number of ether oxygens (including phenoxy) is 3. The molecule has 0 saturated carbocycles. The second-order valence-electron chi connectivity index (χ2n) is 11.1. The quantitative estimate of drug-likeness (QED) is 0.422. The lowest BCUT2D eigenvalue weighted by Crippen LogP contribution is -2.59. The fourth-order valence-corrected chi connectivity index (χ4v) is 6.43. The number of aliphatic hydroxyl groups excluding tert-OH is 2. The Morgan fingerprint density at radius 1 is 1.03 bits per heavy atom. The number of rotatable bonds is 4. The average molecular weight is 489 g/mol. The van der Waals surface area contributed by atoms with Crippen LogP contribution in [0.15, 0.2) is 11.6 Å². The molecule has 0 bridgehead atoms. The van der Waals surface area contributed by atoms with Gasteiger partial charge in [-0.1, -0.05) is 25.5 Å². The lowest BCUT2D eigenvalue weighted by molar-refractivity contribution is -0.273. The largest absolute Gasteiger partial charge is 0.504 e. The molecule has 1 aliphatic heterocycles. The van der Waals surface area contributed by atoms with Gasteiger partial charge in [0.25, 0.3) is 0 Å². The fraction of sp³-hybridized carbons (Fsp3) is 0.679. The van der Waals surface area contributed by atoms with Crippen LogP contribution in [0.1, 0.15) is 101 Å². The summed E-state index contributed by atoms with van der Waals surface area (Å²) in [5.41, 5.74) is 5.49. The highest BCUT2D eigenvalue weighted by Crippen LogP contribution is 2.58. The minimum absolute atomic E-state index is 0.0615. The van der Waals surface area contributed by atoms with Crippen LogP contribution in [-0.4, -0.2) is 52.0 Å². The highest BCUT2D eigenvalue weighted by atomic mass is 16.7. The SMILES string of the molecule is CC(=O)O[C@@H]1[C@@H](Oc2c(O)c(C)c3c4c2[C@H](C)CC[C@@H]4[C@@H](C)C[C@@H]3C=C(C)C)O[C@H](C)[C@@H](O)[C@@H]1O. The Labute approximate surface area is 208 Å². The minimum atomic E-state index is -1.38. The first-order valence-electron chi connectivity index (χ1n) is 12.8. The van der Waals surface area contributed by atoms with Crippen molar-refractivity contribution in [3.8, 4) is 11.5 Å². The van der Waals surface area contributed by atoms with Gasteiger partial charge in [0.2, 0.25) is 6.29 Å². The highest BCUT2D eigenvalue weighted by Gasteiger charge is 2.48. The van der Waals surface area contributed by atoms with Gasteiger partial charge in [-0.15, -0.1) is 0 Å². The fourth-order valence-electron chi connectivity index (χ4n) is 6.43. The van der Waals surface area contributed by atoms with Gasteiger partial charge in [-0.3, -0.25) is 4.79 Å². The second kappa shape index (κ2) is 9.75. The van der Waals surface area contributed by atoms with Crippen LogP contribution in [0, 0.1) is 12.8 Å². The summed E-state index contributed by atoms with van der Waals surface area (Å²) in [6.07, 6.45) is -0.347. The van der Waals surface area contributed by atoms with E-state index in [1.54, 1.807) is 6.92 Å². The molecule has 0 radical (unpaired) electrons. The number of carbonyl (C=O) groups is 1. The molecule has 2 aliphatic carbocycles. The summed E-state index contributed by atoms with van der Waals surface area (Å²) in [6, 6.07) is 0. The van der Waals surface area contributed by atoms with Gasteiger partial charge >= 0.3 is 5.97 Å². The molecule has 1 aromatic carbocycles. The van der Waals surface area contributed by atoms with E-state index in [-0.39, 0.29) is 17.6 Å². The van der Waals surface area contributed by atoms with E-state index in [9.17, 15) is 20.1 Å². The Balaban J connectivity index is 1.86. The van der Waals surface area contributed by atoms with Gasteiger partial charge in [-0.2, -0.15) is 0 Å². The minimum Gasteiger partial charge on any atom is -0.504 e. The first-order chi connectivity index (χ1) is 16.4. The van der Waals surface area contributed by atoms with Crippen molar-refractivity contribution in [3.05, 3.63) is 33.9 Å². The van der Waals surface area contributed by atoms with Crippen molar-refractivity contribution in [2.45, 2.75) is 116 Å². The number of hydrogen-bond donors (Lipinski definition) is 3. The molecule has 0 unspecified atom stereocenters. The van der Waals surface area contributed by atoms with Gasteiger partial charge in [0.15, 0.2) is 17.6 Å². The van der Waals surface area contributed by atoms with Crippen molar-refractivity contribution >= 4 is 5.97 Å². The molecule has 7 nitrogen and oxygen atoms in total. The molecule has 0 amide bonds. The molecule has 7 heteroatoms. The van der Waals surface area contributed by atoms with E-state index in [1.165, 1.54) is 23.6 Å². The maximum atomic E-state index is 11.8. The van der Waals surface area contributed by atoms with Crippen LogP contribution in [0.3, 0.4) is 0 Å². The highest BCUT2D eigenvalue weighted by molar-refractivity contribution is 5.66. The van der Waals surface area contributed by atoms with E-state index < -0.39 is 36.7 Å². The third-order valence-electron chi connectivity index (χ3n) is 8.11. The first kappa shape index (κ1) is 26.0. The van der Waals surface area contributed by atoms with Crippen LogP contribution in [-0.2, 0) is 14.3 Å². The Bertz CT molecular complexity index is 1010. The van der Waals surface area contributed by atoms with Crippen molar-refractivity contribution in [2.75, 3.05) is 0 Å². The molecule has 1 saturated heterocycles. The van der Waals surface area contributed by atoms with Gasteiger partial charge in [0.05, 0.1) is 6.10 Å². The number of esters is 1. The standard InChI is InChI=1S/C28H40O7/c1-12(2)10-18-11-14(4)19-9-8-13(3)20-22(19)21(18)15(5)23(30)26(20)35-28-27(34-17(7)29)25(32)24(31)16(6)33-28/h10,13-14,16,18-19,24-25,27-28,30-32H,8-9,11H2,1-7H3/t13-,14+,16-,18+,19-,24-,25+,27+,28-/m1/s1. The summed E-state index contributed by atoms with van der Waals surface area (Å²) in [4.78, 5) is 11.8. The lowest BCUT2D eigenvalue weighted by Gasteiger charge is -2.45. The van der Waals surface area contributed by atoms with E-state index in [1.807, 2.05) is 6.92 Å². The molecule has 1 heterocycles. The molecular formula is C28H40O7. The van der Waals surface area contributed by atoms with Crippen molar-refractivity contribution in [1.29, 1.82) is 0 Å². The van der Waals surface area contributed by atoms with E-state index in [0.29, 0.717) is 17.6 Å². The van der Waals surface area contributed by atoms with Gasteiger partial charge < -0.3 is 29.5 Å². The number of aliphatic hydroxyl groups is 2. The third kappa shape index (κ3) is 4.58. The zero-order valence-electron chi connectivity index (χ0n) is 21.9. The van der Waals surface area contributed by atoms with E-state index in [0.717, 1.165) is 30.4 Å². The molecule has 1 fully saturated rings. The number of phenolic OH excluding ortho intramolecular Hbond substituents is 1. The van der Waals surface area contributed by atoms with E-state index >= 15 is 0 Å². The molecule has 4 rings (SSSR count). The predicted molar refractivity (Wildman–Crippen MR) is 132 cm³/mol. The van der Waals surface area contributed by atoms with Gasteiger partial charge in [0, 0.05) is 18.4 Å². The third-order valence-corrected chi connectivity index (χ3v) is 8.11. The van der Waals surface area contributed by atoms with Crippen LogP contribution in [0.4, 0.5) is 0 Å². The summed E-state index contributed by atoms with van der Waals surface area (Å²) >= 11 is 0. The Kier molecular flexibility index (Phi) is 7.24. The van der Waals surface area contributed by atoms with Crippen LogP contribution in [0.5, 0.6) is 11.5 Å².